The van der Waals surface area contributed by atoms with Crippen LogP contribution in [0.3, 0.4) is 0 Å². The molecule has 0 aliphatic heterocycles. The van der Waals surface area contributed by atoms with Crippen LogP contribution in [-0.2, 0) is 0 Å². The molecule has 25 heavy (non-hydrogen) atoms. The SMILES string of the molecule is CN(C)c1ccc2cc(-c3ccccc3OC(F)(F)F)[nH]c(=O)c2c1. The number of benzene rings is 2. The molecule has 0 radical (unpaired) electrons. The minimum atomic E-state index is -4.81. The minimum Gasteiger partial charge on any atom is -0.405 e. The van der Waals surface area contributed by atoms with Gasteiger partial charge in [0, 0.05) is 30.7 Å². The lowest BCUT2D eigenvalue weighted by Crippen LogP contribution is -2.18. The first-order valence-corrected chi connectivity index (χ1v) is 7.44. The molecule has 130 valence electrons. The van der Waals surface area contributed by atoms with Crippen molar-refractivity contribution in [3.05, 3.63) is 58.9 Å². The summed E-state index contributed by atoms with van der Waals surface area (Å²) in [5.41, 5.74) is 0.898. The Hall–Kier alpha value is -2.96. The third kappa shape index (κ3) is 3.60. The third-order valence-electron chi connectivity index (χ3n) is 3.75. The highest BCUT2D eigenvalue weighted by molar-refractivity contribution is 5.88. The molecular formula is C18H15F3N2O2. The summed E-state index contributed by atoms with van der Waals surface area (Å²) in [7, 11) is 3.71. The largest absolute Gasteiger partial charge is 0.573 e. The van der Waals surface area contributed by atoms with E-state index in [1.807, 2.05) is 25.1 Å². The Morgan fingerprint density at radius 1 is 1.04 bits per heavy atom. The van der Waals surface area contributed by atoms with Gasteiger partial charge in [0.05, 0.1) is 5.69 Å². The summed E-state index contributed by atoms with van der Waals surface area (Å²) in [6, 6.07) is 12.7. The second kappa shape index (κ2) is 6.16. The Morgan fingerprint density at radius 2 is 1.76 bits per heavy atom. The van der Waals surface area contributed by atoms with E-state index in [9.17, 15) is 18.0 Å². The van der Waals surface area contributed by atoms with Crippen molar-refractivity contribution < 1.29 is 17.9 Å². The van der Waals surface area contributed by atoms with Crippen LogP contribution >= 0.6 is 0 Å². The van der Waals surface area contributed by atoms with Crippen LogP contribution in [0.4, 0.5) is 18.9 Å². The molecule has 2 aromatic carbocycles. The van der Waals surface area contributed by atoms with Gasteiger partial charge in [0.1, 0.15) is 5.75 Å². The number of nitrogens with one attached hydrogen (secondary N) is 1. The zero-order chi connectivity index (χ0) is 18.2. The van der Waals surface area contributed by atoms with Crippen LogP contribution in [0, 0.1) is 0 Å². The molecule has 0 saturated carbocycles. The molecule has 1 heterocycles. The van der Waals surface area contributed by atoms with E-state index in [1.54, 1.807) is 24.3 Å². The number of pyridine rings is 1. The fraction of sp³-hybridized carbons (Fsp3) is 0.167. The number of para-hydroxylation sites is 1. The Bertz CT molecular complexity index is 978. The number of alkyl halides is 3. The summed E-state index contributed by atoms with van der Waals surface area (Å²) in [5, 5.41) is 1.09. The van der Waals surface area contributed by atoms with Crippen molar-refractivity contribution in [1.82, 2.24) is 4.98 Å². The number of hydrogen-bond donors (Lipinski definition) is 1. The van der Waals surface area contributed by atoms with Gasteiger partial charge in [-0.1, -0.05) is 18.2 Å². The van der Waals surface area contributed by atoms with E-state index in [2.05, 4.69) is 9.72 Å². The molecular weight excluding hydrogens is 333 g/mol. The molecule has 0 fully saturated rings. The molecule has 0 amide bonds. The van der Waals surface area contributed by atoms with Gasteiger partial charge in [-0.3, -0.25) is 4.79 Å². The van der Waals surface area contributed by atoms with Gasteiger partial charge in [-0.25, -0.2) is 0 Å². The van der Waals surface area contributed by atoms with Gasteiger partial charge in [0.15, 0.2) is 0 Å². The number of ether oxygens (including phenoxy) is 1. The van der Waals surface area contributed by atoms with Gasteiger partial charge >= 0.3 is 6.36 Å². The van der Waals surface area contributed by atoms with E-state index in [0.29, 0.717) is 10.8 Å². The lowest BCUT2D eigenvalue weighted by atomic mass is 10.1. The van der Waals surface area contributed by atoms with Crippen LogP contribution < -0.4 is 15.2 Å². The molecule has 0 saturated heterocycles. The third-order valence-corrected chi connectivity index (χ3v) is 3.75. The van der Waals surface area contributed by atoms with Crippen molar-refractivity contribution in [2.24, 2.45) is 0 Å². The summed E-state index contributed by atoms with van der Waals surface area (Å²) in [5.74, 6) is -0.366. The molecule has 1 N–H and O–H groups in total. The fourth-order valence-corrected chi connectivity index (χ4v) is 2.57. The fourth-order valence-electron chi connectivity index (χ4n) is 2.57. The Morgan fingerprint density at radius 3 is 2.44 bits per heavy atom. The van der Waals surface area contributed by atoms with Crippen molar-refractivity contribution in [2.45, 2.75) is 6.36 Å². The van der Waals surface area contributed by atoms with E-state index in [-0.39, 0.29) is 22.6 Å². The highest BCUT2D eigenvalue weighted by Gasteiger charge is 2.32. The van der Waals surface area contributed by atoms with Gasteiger partial charge < -0.3 is 14.6 Å². The normalized spacial score (nSPS) is 11.6. The Labute approximate surface area is 141 Å². The Balaban J connectivity index is 2.15. The predicted molar refractivity (Wildman–Crippen MR) is 91.0 cm³/mol. The smallest absolute Gasteiger partial charge is 0.405 e. The Kier molecular flexibility index (Phi) is 4.16. The van der Waals surface area contributed by atoms with Crippen LogP contribution in [0.5, 0.6) is 5.75 Å². The average Bonchev–Trinajstić information content (AvgIpc) is 2.53. The number of anilines is 1. The molecule has 7 heteroatoms. The predicted octanol–water partition coefficient (Wildman–Crippen LogP) is 4.16. The van der Waals surface area contributed by atoms with Gasteiger partial charge in [-0.15, -0.1) is 13.2 Å². The van der Waals surface area contributed by atoms with E-state index in [1.165, 1.54) is 18.2 Å². The number of rotatable bonds is 3. The molecule has 1 aromatic heterocycles. The number of H-pyrrole nitrogens is 1. The molecule has 0 unspecified atom stereocenters. The van der Waals surface area contributed by atoms with Crippen molar-refractivity contribution in [2.75, 3.05) is 19.0 Å². The first kappa shape index (κ1) is 16.9. The first-order valence-electron chi connectivity index (χ1n) is 7.44. The lowest BCUT2D eigenvalue weighted by molar-refractivity contribution is -0.274. The van der Waals surface area contributed by atoms with E-state index in [4.69, 9.17) is 0 Å². The lowest BCUT2D eigenvalue weighted by Gasteiger charge is -2.15. The highest BCUT2D eigenvalue weighted by atomic mass is 19.4. The average molecular weight is 348 g/mol. The van der Waals surface area contributed by atoms with E-state index in [0.717, 1.165) is 5.69 Å². The number of hydrogen-bond acceptors (Lipinski definition) is 3. The van der Waals surface area contributed by atoms with Crippen molar-refractivity contribution in [3.8, 4) is 17.0 Å². The number of aromatic nitrogens is 1. The van der Waals surface area contributed by atoms with Crippen LogP contribution in [0.15, 0.2) is 53.3 Å². The van der Waals surface area contributed by atoms with Gasteiger partial charge in [-0.05, 0) is 35.7 Å². The highest BCUT2D eigenvalue weighted by Crippen LogP contribution is 2.33. The summed E-state index contributed by atoms with van der Waals surface area (Å²) in [6.07, 6.45) is -4.81. The van der Waals surface area contributed by atoms with Gasteiger partial charge in [-0.2, -0.15) is 0 Å². The van der Waals surface area contributed by atoms with Crippen LogP contribution in [0.1, 0.15) is 0 Å². The van der Waals surface area contributed by atoms with Crippen molar-refractivity contribution in [3.63, 3.8) is 0 Å². The molecule has 0 spiro atoms. The molecule has 4 nitrogen and oxygen atoms in total. The van der Waals surface area contributed by atoms with Crippen LogP contribution in [0.2, 0.25) is 0 Å². The molecule has 0 aliphatic carbocycles. The zero-order valence-corrected chi connectivity index (χ0v) is 13.5. The maximum absolute atomic E-state index is 12.6. The monoisotopic (exact) mass is 348 g/mol. The standard InChI is InChI=1S/C18H15F3N2O2/c1-23(2)12-8-7-11-9-15(22-17(24)14(11)10-12)13-5-3-4-6-16(13)25-18(19,20)21/h3-10H,1-2H3,(H,22,24). The summed E-state index contributed by atoms with van der Waals surface area (Å²) >= 11 is 0. The number of fused-ring (bicyclic) bond motifs is 1. The summed E-state index contributed by atoms with van der Waals surface area (Å²) in [6.45, 7) is 0. The minimum absolute atomic E-state index is 0.163. The molecule has 0 bridgehead atoms. The van der Waals surface area contributed by atoms with Gasteiger partial charge in [0.2, 0.25) is 0 Å². The maximum Gasteiger partial charge on any atom is 0.573 e. The quantitative estimate of drug-likeness (QED) is 0.773. The van der Waals surface area contributed by atoms with Crippen LogP contribution in [0.25, 0.3) is 22.0 Å². The number of aromatic amines is 1. The van der Waals surface area contributed by atoms with E-state index < -0.39 is 6.36 Å². The van der Waals surface area contributed by atoms with Crippen LogP contribution in [-0.4, -0.2) is 25.4 Å². The summed E-state index contributed by atoms with van der Waals surface area (Å²) in [4.78, 5) is 16.9. The first-order chi connectivity index (χ1) is 11.7. The second-order valence-corrected chi connectivity index (χ2v) is 5.72. The van der Waals surface area contributed by atoms with Gasteiger partial charge in [0.25, 0.3) is 5.56 Å². The number of halogens is 3. The molecule has 3 aromatic rings. The topological polar surface area (TPSA) is 45.3 Å². The molecule has 0 atom stereocenters. The molecule has 3 rings (SSSR count). The maximum atomic E-state index is 12.6. The number of nitrogens with zero attached hydrogens (tertiary/aromatic N) is 1. The zero-order valence-electron chi connectivity index (χ0n) is 13.5. The summed E-state index contributed by atoms with van der Waals surface area (Å²) < 4.78 is 41.8. The molecule has 0 aliphatic rings. The van der Waals surface area contributed by atoms with E-state index >= 15 is 0 Å². The van der Waals surface area contributed by atoms with Crippen molar-refractivity contribution >= 4 is 16.5 Å². The second-order valence-electron chi connectivity index (χ2n) is 5.72. The van der Waals surface area contributed by atoms with Crippen molar-refractivity contribution in [1.29, 1.82) is 0 Å².